The quantitative estimate of drug-likeness (QED) is 0.856. The number of aryl methyl sites for hydroxylation is 1. The van der Waals surface area contributed by atoms with Gasteiger partial charge in [0.15, 0.2) is 0 Å². The summed E-state index contributed by atoms with van der Waals surface area (Å²) in [6.45, 7) is 2.00. The second-order valence-corrected chi connectivity index (χ2v) is 5.09. The van der Waals surface area contributed by atoms with E-state index in [1.165, 1.54) is 5.56 Å². The highest BCUT2D eigenvalue weighted by Gasteiger charge is 2.13. The molecule has 0 aliphatic carbocycles. The fourth-order valence-electron chi connectivity index (χ4n) is 2.22. The molecule has 0 spiro atoms. The van der Waals surface area contributed by atoms with Crippen LogP contribution >= 0.6 is 0 Å². The molecule has 110 valence electrons. The van der Waals surface area contributed by atoms with Crippen molar-refractivity contribution < 1.29 is 9.90 Å². The number of aliphatic hydroxyl groups is 1. The van der Waals surface area contributed by atoms with E-state index < -0.39 is 0 Å². The summed E-state index contributed by atoms with van der Waals surface area (Å²) in [4.78, 5) is 12.2. The molecular formula is C18H21NO2. The Labute approximate surface area is 125 Å². The molecule has 0 saturated carbocycles. The maximum atomic E-state index is 12.2. The van der Waals surface area contributed by atoms with Gasteiger partial charge >= 0.3 is 0 Å². The van der Waals surface area contributed by atoms with Crippen LogP contribution < -0.4 is 5.32 Å². The van der Waals surface area contributed by atoms with Gasteiger partial charge < -0.3 is 10.4 Å². The van der Waals surface area contributed by atoms with E-state index in [-0.39, 0.29) is 18.6 Å². The molecule has 0 heterocycles. The number of aliphatic hydroxyl groups excluding tert-OH is 1. The molecule has 1 atom stereocenters. The van der Waals surface area contributed by atoms with Crippen molar-refractivity contribution >= 4 is 5.91 Å². The minimum atomic E-state index is -0.272. The molecular weight excluding hydrogens is 262 g/mol. The van der Waals surface area contributed by atoms with Gasteiger partial charge in [-0.05, 0) is 36.1 Å². The molecule has 3 heteroatoms. The van der Waals surface area contributed by atoms with Gasteiger partial charge in [0.1, 0.15) is 0 Å². The molecule has 0 unspecified atom stereocenters. The first-order valence-corrected chi connectivity index (χ1v) is 7.27. The first kappa shape index (κ1) is 15.3. The maximum absolute atomic E-state index is 12.2. The summed E-state index contributed by atoms with van der Waals surface area (Å²) in [6.07, 6.45) is 1.57. The monoisotopic (exact) mass is 283 g/mol. The Hall–Kier alpha value is -2.13. The normalized spacial score (nSPS) is 11.9. The van der Waals surface area contributed by atoms with Crippen molar-refractivity contribution in [3.05, 3.63) is 71.3 Å². The second kappa shape index (κ2) is 7.60. The Kier molecular flexibility index (Phi) is 5.52. The van der Waals surface area contributed by atoms with Crippen LogP contribution in [0.3, 0.4) is 0 Å². The van der Waals surface area contributed by atoms with E-state index in [2.05, 4.69) is 12.2 Å². The summed E-state index contributed by atoms with van der Waals surface area (Å²) in [6, 6.07) is 17.1. The van der Waals surface area contributed by atoms with Crippen molar-refractivity contribution in [1.29, 1.82) is 0 Å². The van der Waals surface area contributed by atoms with Crippen LogP contribution in [0.15, 0.2) is 54.6 Å². The lowest BCUT2D eigenvalue weighted by Gasteiger charge is -2.16. The highest BCUT2D eigenvalue weighted by molar-refractivity contribution is 5.94. The third kappa shape index (κ3) is 4.43. The van der Waals surface area contributed by atoms with E-state index in [0.29, 0.717) is 12.0 Å². The summed E-state index contributed by atoms with van der Waals surface area (Å²) in [5.74, 6) is -0.146. The van der Waals surface area contributed by atoms with Gasteiger partial charge in [-0.2, -0.15) is 0 Å². The zero-order valence-electron chi connectivity index (χ0n) is 12.3. The smallest absolute Gasteiger partial charge is 0.251 e. The lowest BCUT2D eigenvalue weighted by molar-refractivity contribution is 0.0916. The number of hydrogen-bond acceptors (Lipinski definition) is 2. The van der Waals surface area contributed by atoms with Crippen LogP contribution in [-0.2, 0) is 12.8 Å². The average molecular weight is 283 g/mol. The van der Waals surface area contributed by atoms with Crippen LogP contribution in [0.1, 0.15) is 28.4 Å². The zero-order valence-corrected chi connectivity index (χ0v) is 12.3. The Bertz CT molecular complexity index is 564. The van der Waals surface area contributed by atoms with Crippen molar-refractivity contribution in [2.75, 3.05) is 6.61 Å². The van der Waals surface area contributed by atoms with Crippen LogP contribution in [0.25, 0.3) is 0 Å². The van der Waals surface area contributed by atoms with Crippen LogP contribution in [0.4, 0.5) is 0 Å². The van der Waals surface area contributed by atoms with Gasteiger partial charge in [0.05, 0.1) is 12.6 Å². The predicted octanol–water partition coefficient (Wildman–Crippen LogP) is 2.58. The molecule has 2 aromatic carbocycles. The number of benzene rings is 2. The molecule has 0 aliphatic rings. The van der Waals surface area contributed by atoms with Gasteiger partial charge in [0.2, 0.25) is 0 Å². The number of hydrogen-bond donors (Lipinski definition) is 2. The molecule has 2 aromatic rings. The average Bonchev–Trinajstić information content (AvgIpc) is 2.55. The summed E-state index contributed by atoms with van der Waals surface area (Å²) in [5.41, 5.74) is 2.92. The number of amides is 1. The van der Waals surface area contributed by atoms with E-state index >= 15 is 0 Å². The van der Waals surface area contributed by atoms with E-state index in [1.54, 1.807) is 0 Å². The molecule has 0 bridgehead atoms. The first-order valence-electron chi connectivity index (χ1n) is 7.27. The van der Waals surface area contributed by atoms with Crippen LogP contribution in [0, 0.1) is 0 Å². The highest BCUT2D eigenvalue weighted by atomic mass is 16.3. The predicted molar refractivity (Wildman–Crippen MR) is 84.3 cm³/mol. The van der Waals surface area contributed by atoms with Crippen molar-refractivity contribution in [2.45, 2.75) is 25.8 Å². The fourth-order valence-corrected chi connectivity index (χ4v) is 2.22. The van der Waals surface area contributed by atoms with Crippen molar-refractivity contribution in [1.82, 2.24) is 5.32 Å². The summed E-state index contributed by atoms with van der Waals surface area (Å²) in [5, 5.41) is 12.3. The molecule has 1 amide bonds. The second-order valence-electron chi connectivity index (χ2n) is 5.09. The summed E-state index contributed by atoms with van der Waals surface area (Å²) in [7, 11) is 0. The van der Waals surface area contributed by atoms with E-state index in [4.69, 9.17) is 0 Å². The van der Waals surface area contributed by atoms with E-state index in [1.807, 2.05) is 54.6 Å². The number of rotatable bonds is 6. The van der Waals surface area contributed by atoms with Gasteiger partial charge in [0.25, 0.3) is 5.91 Å². The molecule has 2 rings (SSSR count). The summed E-state index contributed by atoms with van der Waals surface area (Å²) < 4.78 is 0. The Morgan fingerprint density at radius 1 is 1.05 bits per heavy atom. The highest BCUT2D eigenvalue weighted by Crippen LogP contribution is 2.07. The molecule has 2 N–H and O–H groups in total. The van der Waals surface area contributed by atoms with Crippen LogP contribution in [0.5, 0.6) is 0 Å². The van der Waals surface area contributed by atoms with Gasteiger partial charge in [-0.15, -0.1) is 0 Å². The minimum absolute atomic E-state index is 0.0757. The topological polar surface area (TPSA) is 49.3 Å². The van der Waals surface area contributed by atoms with Crippen molar-refractivity contribution in [3.63, 3.8) is 0 Å². The lowest BCUT2D eigenvalue weighted by atomic mass is 10.1. The van der Waals surface area contributed by atoms with E-state index in [0.717, 1.165) is 12.0 Å². The molecule has 21 heavy (non-hydrogen) atoms. The fraction of sp³-hybridized carbons (Fsp3) is 0.278. The number of nitrogens with one attached hydrogen (secondary N) is 1. The van der Waals surface area contributed by atoms with Gasteiger partial charge in [0, 0.05) is 5.56 Å². The summed E-state index contributed by atoms with van der Waals surface area (Å²) >= 11 is 0. The third-order valence-corrected chi connectivity index (χ3v) is 3.50. The maximum Gasteiger partial charge on any atom is 0.251 e. The zero-order chi connectivity index (χ0) is 15.1. The Morgan fingerprint density at radius 2 is 1.71 bits per heavy atom. The number of carbonyl (C=O) groups is 1. The minimum Gasteiger partial charge on any atom is -0.394 e. The van der Waals surface area contributed by atoms with Gasteiger partial charge in [-0.3, -0.25) is 4.79 Å². The molecule has 0 fully saturated rings. The Morgan fingerprint density at radius 3 is 2.29 bits per heavy atom. The van der Waals surface area contributed by atoms with Crippen LogP contribution in [0.2, 0.25) is 0 Å². The van der Waals surface area contributed by atoms with Crippen molar-refractivity contribution in [2.24, 2.45) is 0 Å². The first-order chi connectivity index (χ1) is 10.2. The van der Waals surface area contributed by atoms with Gasteiger partial charge in [-0.25, -0.2) is 0 Å². The third-order valence-electron chi connectivity index (χ3n) is 3.50. The largest absolute Gasteiger partial charge is 0.394 e. The molecule has 0 aliphatic heterocycles. The van der Waals surface area contributed by atoms with E-state index in [9.17, 15) is 9.90 Å². The lowest BCUT2D eigenvalue weighted by Crippen LogP contribution is -2.39. The van der Waals surface area contributed by atoms with Crippen LogP contribution in [-0.4, -0.2) is 23.7 Å². The Balaban J connectivity index is 1.98. The van der Waals surface area contributed by atoms with Gasteiger partial charge in [-0.1, -0.05) is 49.4 Å². The molecule has 0 aromatic heterocycles. The SMILES string of the molecule is CCc1ccc(C(=O)N[C@H](CO)Cc2ccccc2)cc1. The molecule has 3 nitrogen and oxygen atoms in total. The molecule has 0 saturated heterocycles. The molecule has 0 radical (unpaired) electrons. The standard InChI is InChI=1S/C18H21NO2/c1-2-14-8-10-16(11-9-14)18(21)19-17(13-20)12-15-6-4-3-5-7-15/h3-11,17,20H,2,12-13H2,1H3,(H,19,21)/t17-/m0/s1. The van der Waals surface area contributed by atoms with Crippen molar-refractivity contribution in [3.8, 4) is 0 Å². The number of carbonyl (C=O) groups excluding carboxylic acids is 1.